The third kappa shape index (κ3) is 7.89. The van der Waals surface area contributed by atoms with E-state index in [4.69, 9.17) is 0 Å². The molecule has 0 aliphatic heterocycles. The topological polar surface area (TPSA) is 34.1 Å². The molecule has 2 heteroatoms. The van der Waals surface area contributed by atoms with Gasteiger partial charge in [0.1, 0.15) is 11.6 Å². The van der Waals surface area contributed by atoms with Crippen LogP contribution in [0.5, 0.6) is 0 Å². The summed E-state index contributed by atoms with van der Waals surface area (Å²) in [6.07, 6.45) is 14.1. The second kappa shape index (κ2) is 9.15. The molecule has 1 rings (SSSR count). The zero-order chi connectivity index (χ0) is 12.3. The van der Waals surface area contributed by atoms with Crippen molar-refractivity contribution in [1.29, 1.82) is 0 Å². The van der Waals surface area contributed by atoms with Gasteiger partial charge >= 0.3 is 0 Å². The van der Waals surface area contributed by atoms with Gasteiger partial charge < -0.3 is 0 Å². The summed E-state index contributed by atoms with van der Waals surface area (Å²) in [6.45, 7) is 0. The number of ketones is 2. The van der Waals surface area contributed by atoms with Gasteiger partial charge in [-0.15, -0.1) is 0 Å². The van der Waals surface area contributed by atoms with Gasteiger partial charge in [-0.05, 0) is 38.5 Å². The second-order valence-corrected chi connectivity index (χ2v) is 4.89. The van der Waals surface area contributed by atoms with Crippen molar-refractivity contribution in [2.75, 3.05) is 0 Å². The van der Waals surface area contributed by atoms with Crippen LogP contribution in [0.15, 0.2) is 12.2 Å². The molecule has 0 fully saturated rings. The number of allylic oxidation sites excluding steroid dienone is 2. The Morgan fingerprint density at radius 2 is 1.12 bits per heavy atom. The minimum absolute atomic E-state index is 0.371. The predicted octanol–water partition coefficient (Wildman–Crippen LogP) is 3.99. The Bertz CT molecular complexity index is 266. The molecule has 0 heterocycles. The van der Waals surface area contributed by atoms with E-state index in [-0.39, 0.29) is 0 Å². The fourth-order valence-electron chi connectivity index (χ4n) is 2.14. The molecule has 0 atom stereocenters. The minimum Gasteiger partial charge on any atom is -0.300 e. The van der Waals surface area contributed by atoms with Gasteiger partial charge in [0, 0.05) is 25.7 Å². The van der Waals surface area contributed by atoms with Crippen molar-refractivity contribution >= 4 is 11.6 Å². The summed E-state index contributed by atoms with van der Waals surface area (Å²) in [5, 5.41) is 0. The molecule has 17 heavy (non-hydrogen) atoms. The molecule has 0 N–H and O–H groups in total. The first kappa shape index (κ1) is 14.1. The van der Waals surface area contributed by atoms with Crippen LogP contribution in [0, 0.1) is 0 Å². The van der Waals surface area contributed by atoms with Crippen molar-refractivity contribution in [3.05, 3.63) is 12.2 Å². The normalized spacial score (nSPS) is 23.8. The van der Waals surface area contributed by atoms with Crippen LogP contribution in [0.1, 0.15) is 70.6 Å². The summed E-state index contributed by atoms with van der Waals surface area (Å²) in [6, 6.07) is 0. The van der Waals surface area contributed by atoms with E-state index in [1.165, 1.54) is 0 Å². The fourth-order valence-corrected chi connectivity index (χ4v) is 2.14. The highest BCUT2D eigenvalue weighted by Crippen LogP contribution is 2.11. The largest absolute Gasteiger partial charge is 0.300 e. The van der Waals surface area contributed by atoms with E-state index >= 15 is 0 Å². The van der Waals surface area contributed by atoms with Gasteiger partial charge in [0.05, 0.1) is 0 Å². The standard InChI is InChI=1S/C15H24O2/c16-14-10-6-3-1-2-4-7-11-15(17)13-9-5-8-12-14/h1,3H,2,4-13H2/b3-1-. The third-order valence-electron chi connectivity index (χ3n) is 3.24. The van der Waals surface area contributed by atoms with E-state index in [2.05, 4.69) is 12.2 Å². The molecular formula is C15H24O2. The van der Waals surface area contributed by atoms with Crippen molar-refractivity contribution in [3.63, 3.8) is 0 Å². The average Bonchev–Trinajstić information content (AvgIpc) is 2.31. The molecule has 2 nitrogen and oxygen atoms in total. The van der Waals surface area contributed by atoms with Gasteiger partial charge in [0.25, 0.3) is 0 Å². The first-order chi connectivity index (χ1) is 8.29. The van der Waals surface area contributed by atoms with Gasteiger partial charge in [-0.2, -0.15) is 0 Å². The van der Waals surface area contributed by atoms with Crippen LogP contribution in [0.4, 0.5) is 0 Å². The highest BCUT2D eigenvalue weighted by molar-refractivity contribution is 5.79. The van der Waals surface area contributed by atoms with Crippen molar-refractivity contribution in [2.45, 2.75) is 70.6 Å². The van der Waals surface area contributed by atoms with Crippen LogP contribution in [-0.4, -0.2) is 11.6 Å². The highest BCUT2D eigenvalue weighted by Gasteiger charge is 2.04. The molecule has 1 aliphatic carbocycles. The van der Waals surface area contributed by atoms with E-state index < -0.39 is 0 Å². The zero-order valence-electron chi connectivity index (χ0n) is 10.7. The number of hydrogen-bond acceptors (Lipinski definition) is 2. The summed E-state index contributed by atoms with van der Waals surface area (Å²) in [7, 11) is 0. The molecule has 0 aromatic rings. The fraction of sp³-hybridized carbons (Fsp3) is 0.733. The number of carbonyl (C=O) groups is 2. The Labute approximate surface area is 104 Å². The molecule has 0 spiro atoms. The van der Waals surface area contributed by atoms with Gasteiger partial charge in [-0.1, -0.05) is 18.6 Å². The van der Waals surface area contributed by atoms with Crippen LogP contribution in [0.2, 0.25) is 0 Å². The van der Waals surface area contributed by atoms with Gasteiger partial charge in [0.15, 0.2) is 0 Å². The van der Waals surface area contributed by atoms with Crippen LogP contribution >= 0.6 is 0 Å². The summed E-state index contributed by atoms with van der Waals surface area (Å²) >= 11 is 0. The quantitative estimate of drug-likeness (QED) is 0.596. The lowest BCUT2D eigenvalue weighted by Gasteiger charge is -2.01. The number of rotatable bonds is 0. The Balaban J connectivity index is 2.30. The molecule has 0 unspecified atom stereocenters. The van der Waals surface area contributed by atoms with Crippen molar-refractivity contribution in [3.8, 4) is 0 Å². The zero-order valence-corrected chi connectivity index (χ0v) is 10.7. The first-order valence-electron chi connectivity index (χ1n) is 6.97. The molecule has 0 saturated carbocycles. The van der Waals surface area contributed by atoms with E-state index in [9.17, 15) is 9.59 Å². The SMILES string of the molecule is O=C1CC/C=C\CCCCC(=O)CCCCC1. The molecular weight excluding hydrogens is 212 g/mol. The van der Waals surface area contributed by atoms with Crippen LogP contribution in [-0.2, 0) is 9.59 Å². The number of Topliss-reactive ketones (excluding diaryl/α,β-unsaturated/α-hetero) is 2. The molecule has 0 bridgehead atoms. The monoisotopic (exact) mass is 236 g/mol. The Hall–Kier alpha value is -0.920. The summed E-state index contributed by atoms with van der Waals surface area (Å²) in [5.74, 6) is 0.769. The summed E-state index contributed by atoms with van der Waals surface area (Å²) < 4.78 is 0. The Kier molecular flexibility index (Phi) is 7.61. The molecule has 0 saturated heterocycles. The lowest BCUT2D eigenvalue weighted by molar-refractivity contribution is -0.119. The second-order valence-electron chi connectivity index (χ2n) is 4.89. The van der Waals surface area contributed by atoms with Crippen LogP contribution < -0.4 is 0 Å². The Morgan fingerprint density at radius 1 is 0.588 bits per heavy atom. The molecule has 96 valence electrons. The molecule has 0 radical (unpaired) electrons. The maximum Gasteiger partial charge on any atom is 0.133 e. The maximum absolute atomic E-state index is 11.5. The van der Waals surface area contributed by atoms with Crippen LogP contribution in [0.3, 0.4) is 0 Å². The van der Waals surface area contributed by atoms with E-state index in [1.54, 1.807) is 0 Å². The van der Waals surface area contributed by atoms with Crippen molar-refractivity contribution in [1.82, 2.24) is 0 Å². The van der Waals surface area contributed by atoms with Gasteiger partial charge in [-0.3, -0.25) is 9.59 Å². The van der Waals surface area contributed by atoms with Crippen LogP contribution in [0.25, 0.3) is 0 Å². The number of hydrogen-bond donors (Lipinski definition) is 0. The van der Waals surface area contributed by atoms with Gasteiger partial charge in [-0.25, -0.2) is 0 Å². The number of carbonyl (C=O) groups excluding carboxylic acids is 2. The van der Waals surface area contributed by atoms with E-state index in [0.29, 0.717) is 30.8 Å². The molecule has 0 amide bonds. The molecule has 0 aromatic heterocycles. The van der Waals surface area contributed by atoms with E-state index in [0.717, 1.165) is 51.4 Å². The molecule has 1 aliphatic rings. The Morgan fingerprint density at radius 3 is 1.82 bits per heavy atom. The maximum atomic E-state index is 11.5. The lowest BCUT2D eigenvalue weighted by Crippen LogP contribution is -1.99. The minimum atomic E-state index is 0.371. The van der Waals surface area contributed by atoms with Crippen molar-refractivity contribution < 1.29 is 9.59 Å². The first-order valence-corrected chi connectivity index (χ1v) is 6.97. The predicted molar refractivity (Wildman–Crippen MR) is 69.9 cm³/mol. The third-order valence-corrected chi connectivity index (χ3v) is 3.24. The molecule has 0 aromatic carbocycles. The lowest BCUT2D eigenvalue weighted by atomic mass is 10.0. The average molecular weight is 236 g/mol. The highest BCUT2D eigenvalue weighted by atomic mass is 16.1. The van der Waals surface area contributed by atoms with Crippen molar-refractivity contribution in [2.24, 2.45) is 0 Å². The van der Waals surface area contributed by atoms with Gasteiger partial charge in [0.2, 0.25) is 0 Å². The summed E-state index contributed by atoms with van der Waals surface area (Å²) in [4.78, 5) is 23.0. The summed E-state index contributed by atoms with van der Waals surface area (Å²) in [5.41, 5.74) is 0. The van der Waals surface area contributed by atoms with E-state index in [1.807, 2.05) is 0 Å². The smallest absolute Gasteiger partial charge is 0.133 e.